The van der Waals surface area contributed by atoms with Crippen molar-refractivity contribution in [3.63, 3.8) is 0 Å². The molecule has 1 aromatic rings. The maximum atomic E-state index is 6.40. The summed E-state index contributed by atoms with van der Waals surface area (Å²) in [5.74, 6) is 1.43. The molecule has 0 aromatic heterocycles. The normalized spacial score (nSPS) is 18.2. The highest BCUT2D eigenvalue weighted by molar-refractivity contribution is 6.36. The molecule has 1 aliphatic rings. The van der Waals surface area contributed by atoms with Gasteiger partial charge in [0.1, 0.15) is 0 Å². The molecule has 1 heterocycles. The molecular weight excluding hydrogens is 385 g/mol. The number of guanidine groups is 1. The van der Waals surface area contributed by atoms with E-state index in [4.69, 9.17) is 32.7 Å². The Labute approximate surface area is 173 Å². The standard InChI is InChI=1S/C20H31Cl2N3O2/c1-20(2,18-16(21)6-5-7-17(18)22)14-24-19(23-3)25-9-8-15(12-25)13-27-11-10-26-4/h5-7,15H,8-14H2,1-4H3,(H,23,24). The number of nitrogens with zero attached hydrogens (tertiary/aromatic N) is 2. The van der Waals surface area contributed by atoms with Crippen LogP contribution in [0.25, 0.3) is 0 Å². The molecule has 152 valence electrons. The molecule has 27 heavy (non-hydrogen) atoms. The number of nitrogens with one attached hydrogen (secondary N) is 1. The van der Waals surface area contributed by atoms with Crippen LogP contribution < -0.4 is 5.32 Å². The van der Waals surface area contributed by atoms with Crippen molar-refractivity contribution in [2.75, 3.05) is 53.6 Å². The molecule has 1 N–H and O–H groups in total. The van der Waals surface area contributed by atoms with E-state index in [9.17, 15) is 0 Å². The number of hydrogen-bond donors (Lipinski definition) is 1. The van der Waals surface area contributed by atoms with Gasteiger partial charge >= 0.3 is 0 Å². The van der Waals surface area contributed by atoms with Crippen molar-refractivity contribution in [2.45, 2.75) is 25.7 Å². The third-order valence-electron chi connectivity index (χ3n) is 4.91. The third-order valence-corrected chi connectivity index (χ3v) is 5.54. The predicted octanol–water partition coefficient (Wildman–Crippen LogP) is 3.83. The van der Waals surface area contributed by atoms with E-state index in [1.54, 1.807) is 7.11 Å². The van der Waals surface area contributed by atoms with E-state index in [0.29, 0.717) is 35.7 Å². The molecule has 1 aliphatic heterocycles. The summed E-state index contributed by atoms with van der Waals surface area (Å²) in [6, 6.07) is 5.64. The molecule has 0 aliphatic carbocycles. The second-order valence-electron chi connectivity index (χ2n) is 7.55. The zero-order valence-electron chi connectivity index (χ0n) is 16.7. The highest BCUT2D eigenvalue weighted by Crippen LogP contribution is 2.35. The van der Waals surface area contributed by atoms with Gasteiger partial charge in [0.25, 0.3) is 0 Å². The van der Waals surface area contributed by atoms with Crippen molar-refractivity contribution in [1.82, 2.24) is 10.2 Å². The molecule has 0 spiro atoms. The average molecular weight is 416 g/mol. The van der Waals surface area contributed by atoms with E-state index in [-0.39, 0.29) is 5.41 Å². The number of hydrogen-bond acceptors (Lipinski definition) is 3. The van der Waals surface area contributed by atoms with E-state index < -0.39 is 0 Å². The van der Waals surface area contributed by atoms with Crippen LogP contribution in [-0.4, -0.2) is 64.5 Å². The molecule has 1 saturated heterocycles. The number of rotatable bonds is 8. The molecule has 0 saturated carbocycles. The Morgan fingerprint density at radius 3 is 2.63 bits per heavy atom. The van der Waals surface area contributed by atoms with E-state index in [1.807, 2.05) is 25.2 Å². The molecule has 2 rings (SSSR count). The van der Waals surface area contributed by atoms with Crippen LogP contribution in [0.2, 0.25) is 10.0 Å². The quantitative estimate of drug-likeness (QED) is 0.398. The first-order chi connectivity index (χ1) is 12.9. The van der Waals surface area contributed by atoms with Gasteiger partial charge < -0.3 is 19.7 Å². The second-order valence-corrected chi connectivity index (χ2v) is 8.36. The molecule has 0 radical (unpaired) electrons. The zero-order valence-corrected chi connectivity index (χ0v) is 18.2. The van der Waals surface area contributed by atoms with Crippen molar-refractivity contribution in [3.8, 4) is 0 Å². The highest BCUT2D eigenvalue weighted by Gasteiger charge is 2.29. The van der Waals surface area contributed by atoms with E-state index in [0.717, 1.165) is 37.6 Å². The summed E-state index contributed by atoms with van der Waals surface area (Å²) in [6.45, 7) is 8.93. The van der Waals surface area contributed by atoms with Crippen LogP contribution in [0.3, 0.4) is 0 Å². The molecule has 1 fully saturated rings. The largest absolute Gasteiger partial charge is 0.382 e. The van der Waals surface area contributed by atoms with Crippen molar-refractivity contribution < 1.29 is 9.47 Å². The zero-order chi connectivity index (χ0) is 19.9. The minimum atomic E-state index is -0.228. The lowest BCUT2D eigenvalue weighted by molar-refractivity contribution is 0.0536. The summed E-state index contributed by atoms with van der Waals surface area (Å²) in [6.07, 6.45) is 1.10. The van der Waals surface area contributed by atoms with E-state index >= 15 is 0 Å². The molecular formula is C20H31Cl2N3O2. The summed E-state index contributed by atoms with van der Waals surface area (Å²) < 4.78 is 10.7. The van der Waals surface area contributed by atoms with Crippen LogP contribution in [0.15, 0.2) is 23.2 Å². The minimum absolute atomic E-state index is 0.228. The number of likely N-dealkylation sites (tertiary alicyclic amines) is 1. The molecule has 0 amide bonds. The molecule has 1 unspecified atom stereocenters. The van der Waals surface area contributed by atoms with Gasteiger partial charge in [0.15, 0.2) is 5.96 Å². The predicted molar refractivity (Wildman–Crippen MR) is 113 cm³/mol. The molecule has 0 bridgehead atoms. The van der Waals surface area contributed by atoms with Gasteiger partial charge in [-0.1, -0.05) is 43.1 Å². The van der Waals surface area contributed by atoms with Gasteiger partial charge in [-0.3, -0.25) is 4.99 Å². The summed E-state index contributed by atoms with van der Waals surface area (Å²) in [5, 5.41) is 4.89. The van der Waals surface area contributed by atoms with Crippen LogP contribution in [0.1, 0.15) is 25.8 Å². The number of methoxy groups -OCH3 is 1. The summed E-state index contributed by atoms with van der Waals surface area (Å²) in [7, 11) is 3.51. The number of benzene rings is 1. The first kappa shape index (κ1) is 22.3. The highest BCUT2D eigenvalue weighted by atomic mass is 35.5. The maximum absolute atomic E-state index is 6.40. The van der Waals surface area contributed by atoms with Crippen molar-refractivity contribution in [2.24, 2.45) is 10.9 Å². The van der Waals surface area contributed by atoms with Gasteiger partial charge in [-0.05, 0) is 24.1 Å². The van der Waals surface area contributed by atoms with E-state index in [2.05, 4.69) is 29.1 Å². The monoisotopic (exact) mass is 415 g/mol. The average Bonchev–Trinajstić information content (AvgIpc) is 3.07. The SMILES string of the molecule is CN=C(NCC(C)(C)c1c(Cl)cccc1Cl)N1CCC(COCCOC)C1. The van der Waals surface area contributed by atoms with E-state index in [1.165, 1.54) is 0 Å². The first-order valence-electron chi connectivity index (χ1n) is 9.35. The minimum Gasteiger partial charge on any atom is -0.382 e. The Balaban J connectivity index is 1.90. The van der Waals surface area contributed by atoms with Crippen LogP contribution in [0.5, 0.6) is 0 Å². The van der Waals surface area contributed by atoms with Crippen molar-refractivity contribution in [3.05, 3.63) is 33.8 Å². The van der Waals surface area contributed by atoms with Gasteiger partial charge in [0.05, 0.1) is 19.8 Å². The van der Waals surface area contributed by atoms with Crippen LogP contribution in [-0.2, 0) is 14.9 Å². The maximum Gasteiger partial charge on any atom is 0.193 e. The smallest absolute Gasteiger partial charge is 0.193 e. The number of aliphatic imine (C=N–C) groups is 1. The van der Waals surface area contributed by atoms with Gasteiger partial charge in [-0.2, -0.15) is 0 Å². The van der Waals surface area contributed by atoms with Crippen LogP contribution in [0, 0.1) is 5.92 Å². The lowest BCUT2D eigenvalue weighted by Crippen LogP contribution is -2.45. The fraction of sp³-hybridized carbons (Fsp3) is 0.650. The second kappa shape index (κ2) is 10.5. The molecule has 5 nitrogen and oxygen atoms in total. The fourth-order valence-corrected chi connectivity index (χ4v) is 4.33. The number of halogens is 2. The molecule has 1 aromatic carbocycles. The molecule has 1 atom stereocenters. The third kappa shape index (κ3) is 6.24. The van der Waals surface area contributed by atoms with Gasteiger partial charge in [0, 0.05) is 55.2 Å². The Kier molecular flexibility index (Phi) is 8.67. The fourth-order valence-electron chi connectivity index (χ4n) is 3.42. The van der Waals surface area contributed by atoms with Crippen LogP contribution in [0.4, 0.5) is 0 Å². The van der Waals surface area contributed by atoms with Crippen molar-refractivity contribution in [1.29, 1.82) is 0 Å². The Morgan fingerprint density at radius 1 is 1.30 bits per heavy atom. The summed E-state index contributed by atoms with van der Waals surface area (Å²) in [5.41, 5.74) is 0.732. The van der Waals surface area contributed by atoms with Gasteiger partial charge in [-0.15, -0.1) is 0 Å². The van der Waals surface area contributed by atoms with Gasteiger partial charge in [0.2, 0.25) is 0 Å². The number of ether oxygens (including phenoxy) is 2. The van der Waals surface area contributed by atoms with Crippen molar-refractivity contribution >= 4 is 29.2 Å². The summed E-state index contributed by atoms with van der Waals surface area (Å²) >= 11 is 12.8. The lowest BCUT2D eigenvalue weighted by Gasteiger charge is -2.30. The first-order valence-corrected chi connectivity index (χ1v) is 10.1. The summed E-state index contributed by atoms with van der Waals surface area (Å²) in [4.78, 5) is 6.75. The van der Waals surface area contributed by atoms with Crippen LogP contribution >= 0.6 is 23.2 Å². The topological polar surface area (TPSA) is 46.1 Å². The van der Waals surface area contributed by atoms with Gasteiger partial charge in [-0.25, -0.2) is 0 Å². The Bertz CT molecular complexity index is 617. The Morgan fingerprint density at radius 2 is 2.00 bits per heavy atom. The lowest BCUT2D eigenvalue weighted by atomic mass is 9.84. The molecule has 7 heteroatoms. The Hall–Kier alpha value is -1.01.